The van der Waals surface area contributed by atoms with Crippen molar-refractivity contribution in [3.63, 3.8) is 0 Å². The fourth-order valence-electron chi connectivity index (χ4n) is 2.69. The van der Waals surface area contributed by atoms with Gasteiger partial charge in [-0.2, -0.15) is 0 Å². The summed E-state index contributed by atoms with van der Waals surface area (Å²) in [5, 5.41) is 5.33. The van der Waals surface area contributed by atoms with E-state index in [0.29, 0.717) is 6.61 Å². The monoisotopic (exact) mass is 255 g/mol. The third-order valence-corrected chi connectivity index (χ3v) is 3.75. The van der Waals surface area contributed by atoms with Gasteiger partial charge in [0.25, 0.3) is 0 Å². The Morgan fingerprint density at radius 2 is 1.89 bits per heavy atom. The number of cyclic esters (lactones) is 1. The van der Waals surface area contributed by atoms with Crippen LogP contribution in [-0.2, 0) is 4.74 Å². The van der Waals surface area contributed by atoms with Crippen molar-refractivity contribution in [3.8, 4) is 0 Å². The molecule has 1 fully saturated rings. The van der Waals surface area contributed by atoms with Crippen molar-refractivity contribution in [1.29, 1.82) is 0 Å². The van der Waals surface area contributed by atoms with Gasteiger partial charge in [-0.05, 0) is 16.3 Å². The molecule has 0 bridgehead atoms. The molecule has 0 saturated carbocycles. The van der Waals surface area contributed by atoms with E-state index in [9.17, 15) is 4.79 Å². The predicted molar refractivity (Wildman–Crippen MR) is 75.0 cm³/mol. The second-order valence-corrected chi connectivity index (χ2v) is 5.71. The van der Waals surface area contributed by atoms with Crippen molar-refractivity contribution in [1.82, 2.24) is 5.32 Å². The maximum atomic E-state index is 11.5. The highest BCUT2D eigenvalue weighted by molar-refractivity contribution is 5.86. The number of fused-ring (bicyclic) bond motifs is 1. The first kappa shape index (κ1) is 12.0. The van der Waals surface area contributed by atoms with Gasteiger partial charge in [0.05, 0.1) is 6.04 Å². The summed E-state index contributed by atoms with van der Waals surface area (Å²) in [4.78, 5) is 11.5. The van der Waals surface area contributed by atoms with Gasteiger partial charge in [0.1, 0.15) is 6.61 Å². The summed E-state index contributed by atoms with van der Waals surface area (Å²) in [5.41, 5.74) is 1.03. The van der Waals surface area contributed by atoms with Crippen molar-refractivity contribution in [2.24, 2.45) is 5.41 Å². The number of carbonyl (C=O) groups is 1. The first-order chi connectivity index (χ1) is 9.08. The average molecular weight is 255 g/mol. The molecule has 0 aliphatic carbocycles. The number of hydrogen-bond acceptors (Lipinski definition) is 2. The first-order valence-corrected chi connectivity index (χ1v) is 6.49. The maximum Gasteiger partial charge on any atom is 0.407 e. The summed E-state index contributed by atoms with van der Waals surface area (Å²) in [6.45, 7) is 4.66. The van der Waals surface area contributed by atoms with Gasteiger partial charge in [-0.25, -0.2) is 4.79 Å². The topological polar surface area (TPSA) is 38.3 Å². The lowest BCUT2D eigenvalue weighted by Gasteiger charge is -2.39. The van der Waals surface area contributed by atoms with E-state index in [1.807, 2.05) is 18.2 Å². The molecule has 2 aromatic rings. The predicted octanol–water partition coefficient (Wildman–Crippen LogP) is 3.65. The van der Waals surface area contributed by atoms with E-state index in [1.165, 1.54) is 10.8 Å². The smallest absolute Gasteiger partial charge is 0.407 e. The highest BCUT2D eigenvalue weighted by Crippen LogP contribution is 2.39. The molecule has 0 spiro atoms. The van der Waals surface area contributed by atoms with Gasteiger partial charge in [-0.1, -0.05) is 56.3 Å². The van der Waals surface area contributed by atoms with E-state index in [2.05, 4.69) is 43.4 Å². The van der Waals surface area contributed by atoms with Crippen LogP contribution < -0.4 is 5.32 Å². The van der Waals surface area contributed by atoms with Crippen LogP contribution in [0.2, 0.25) is 0 Å². The molecule has 1 aliphatic rings. The quantitative estimate of drug-likeness (QED) is 0.844. The van der Waals surface area contributed by atoms with E-state index < -0.39 is 0 Å². The van der Waals surface area contributed by atoms with Gasteiger partial charge in [0.2, 0.25) is 0 Å². The lowest BCUT2D eigenvalue weighted by molar-refractivity contribution is 0.0391. The number of alkyl carbamates (subject to hydrolysis) is 1. The summed E-state index contributed by atoms with van der Waals surface area (Å²) in [5.74, 6) is 0. The zero-order valence-electron chi connectivity index (χ0n) is 11.1. The Labute approximate surface area is 112 Å². The van der Waals surface area contributed by atoms with Gasteiger partial charge in [0, 0.05) is 5.41 Å². The molecule has 1 atom stereocenters. The van der Waals surface area contributed by atoms with E-state index in [4.69, 9.17) is 4.74 Å². The van der Waals surface area contributed by atoms with Crippen molar-refractivity contribution in [2.75, 3.05) is 6.61 Å². The number of hydrogen-bond donors (Lipinski definition) is 1. The molecule has 1 heterocycles. The van der Waals surface area contributed by atoms with Gasteiger partial charge in [0.15, 0.2) is 0 Å². The van der Waals surface area contributed by atoms with Crippen molar-refractivity contribution in [2.45, 2.75) is 19.9 Å². The highest BCUT2D eigenvalue weighted by Gasteiger charge is 2.38. The number of carbonyl (C=O) groups excluding carboxylic acids is 1. The van der Waals surface area contributed by atoms with E-state index in [1.54, 1.807) is 0 Å². The van der Waals surface area contributed by atoms with Crippen LogP contribution in [0, 0.1) is 5.41 Å². The lowest BCUT2D eigenvalue weighted by atomic mass is 9.79. The van der Waals surface area contributed by atoms with Crippen LogP contribution in [0.4, 0.5) is 4.79 Å². The zero-order valence-corrected chi connectivity index (χ0v) is 11.1. The third kappa shape index (κ3) is 2.05. The second-order valence-electron chi connectivity index (χ2n) is 5.71. The molecule has 1 amide bonds. The minimum Gasteiger partial charge on any atom is -0.449 e. The Hall–Kier alpha value is -2.03. The summed E-state index contributed by atoms with van der Waals surface area (Å²) in [7, 11) is 0. The molecule has 3 nitrogen and oxygen atoms in total. The molecule has 0 unspecified atom stereocenters. The van der Waals surface area contributed by atoms with Crippen LogP contribution in [-0.4, -0.2) is 12.7 Å². The number of nitrogens with one attached hydrogen (secondary N) is 1. The molecular formula is C16H17NO2. The summed E-state index contributed by atoms with van der Waals surface area (Å²) >= 11 is 0. The minimum atomic E-state index is -0.336. The molecule has 1 N–H and O–H groups in total. The summed E-state index contributed by atoms with van der Waals surface area (Å²) < 4.78 is 5.11. The fraction of sp³-hybridized carbons (Fsp3) is 0.312. The molecule has 2 aromatic carbocycles. The van der Waals surface area contributed by atoms with Crippen molar-refractivity contribution >= 4 is 16.9 Å². The SMILES string of the molecule is CC1(C)COC(=O)N[C@H]1c1cccc2ccccc12. The number of rotatable bonds is 1. The van der Waals surface area contributed by atoms with Gasteiger partial charge >= 0.3 is 6.09 Å². The Morgan fingerprint density at radius 1 is 1.16 bits per heavy atom. The highest BCUT2D eigenvalue weighted by atomic mass is 16.6. The normalized spacial score (nSPS) is 21.8. The van der Waals surface area contributed by atoms with Crippen LogP contribution in [0.15, 0.2) is 42.5 Å². The van der Waals surface area contributed by atoms with E-state index >= 15 is 0 Å². The van der Waals surface area contributed by atoms with Crippen LogP contribution >= 0.6 is 0 Å². The average Bonchev–Trinajstić information content (AvgIpc) is 2.41. The molecule has 98 valence electrons. The molecule has 0 aromatic heterocycles. The Kier molecular flexibility index (Phi) is 2.70. The Morgan fingerprint density at radius 3 is 2.74 bits per heavy atom. The van der Waals surface area contributed by atoms with Crippen LogP contribution in [0.25, 0.3) is 10.8 Å². The molecule has 1 aliphatic heterocycles. The Bertz CT molecular complexity index is 628. The maximum absolute atomic E-state index is 11.5. The fourth-order valence-corrected chi connectivity index (χ4v) is 2.69. The first-order valence-electron chi connectivity index (χ1n) is 6.49. The van der Waals surface area contributed by atoms with Crippen LogP contribution in [0.3, 0.4) is 0 Å². The standard InChI is InChI=1S/C16H17NO2/c1-16(2)10-19-15(18)17-14(16)13-9-5-7-11-6-3-4-8-12(11)13/h3-9,14H,10H2,1-2H3,(H,17,18)/t14-/m0/s1. The van der Waals surface area contributed by atoms with Crippen molar-refractivity contribution < 1.29 is 9.53 Å². The van der Waals surface area contributed by atoms with Crippen LogP contribution in [0.5, 0.6) is 0 Å². The summed E-state index contributed by atoms with van der Waals surface area (Å²) in [6.07, 6.45) is -0.336. The van der Waals surface area contributed by atoms with Gasteiger partial charge < -0.3 is 10.1 Å². The lowest BCUT2D eigenvalue weighted by Crippen LogP contribution is -2.47. The zero-order chi connectivity index (χ0) is 13.5. The minimum absolute atomic E-state index is 0.0279. The molecule has 3 rings (SSSR count). The largest absolute Gasteiger partial charge is 0.449 e. The second kappa shape index (κ2) is 4.26. The molecule has 19 heavy (non-hydrogen) atoms. The molecular weight excluding hydrogens is 238 g/mol. The van der Waals surface area contributed by atoms with Crippen LogP contribution in [0.1, 0.15) is 25.5 Å². The van der Waals surface area contributed by atoms with Gasteiger partial charge in [-0.15, -0.1) is 0 Å². The summed E-state index contributed by atoms with van der Waals surface area (Å²) in [6, 6.07) is 14.4. The number of benzene rings is 2. The van der Waals surface area contributed by atoms with E-state index in [0.717, 1.165) is 5.56 Å². The molecule has 0 radical (unpaired) electrons. The number of amides is 1. The van der Waals surface area contributed by atoms with E-state index in [-0.39, 0.29) is 17.6 Å². The Balaban J connectivity index is 2.15. The van der Waals surface area contributed by atoms with Gasteiger partial charge in [-0.3, -0.25) is 0 Å². The number of ether oxygens (including phenoxy) is 1. The molecule has 1 saturated heterocycles. The molecule has 3 heteroatoms. The third-order valence-electron chi connectivity index (χ3n) is 3.75. The van der Waals surface area contributed by atoms with Crippen molar-refractivity contribution in [3.05, 3.63) is 48.0 Å².